The van der Waals surface area contributed by atoms with Gasteiger partial charge in [0.05, 0.1) is 10.5 Å². The fourth-order valence-corrected chi connectivity index (χ4v) is 3.23. The van der Waals surface area contributed by atoms with E-state index in [0.29, 0.717) is 39.0 Å². The molecule has 1 aromatic rings. The van der Waals surface area contributed by atoms with Gasteiger partial charge in [-0.15, -0.1) is 0 Å². The van der Waals surface area contributed by atoms with Crippen LogP contribution in [0.25, 0.3) is 0 Å². The van der Waals surface area contributed by atoms with Crippen LogP contribution in [0.5, 0.6) is 0 Å². The Labute approximate surface area is 141 Å². The fourth-order valence-electron chi connectivity index (χ4n) is 3.23. The average molecular weight is 337 g/mol. The molecule has 1 fully saturated rings. The van der Waals surface area contributed by atoms with Gasteiger partial charge in [-0.1, -0.05) is 6.07 Å². The summed E-state index contributed by atoms with van der Waals surface area (Å²) in [6.45, 7) is 6.83. The van der Waals surface area contributed by atoms with E-state index in [-0.39, 0.29) is 29.6 Å². The van der Waals surface area contributed by atoms with Gasteiger partial charge in [0, 0.05) is 31.6 Å². The Morgan fingerprint density at radius 3 is 2.50 bits per heavy atom. The SMILES string of the molecule is CCN(CC)C(=O)C1CCN(Cc2c(F)cccc2[N+](=O)[O-])CC1. The number of carbonyl (C=O) groups is 1. The summed E-state index contributed by atoms with van der Waals surface area (Å²) in [7, 11) is 0. The summed E-state index contributed by atoms with van der Waals surface area (Å²) in [6, 6.07) is 3.93. The van der Waals surface area contributed by atoms with E-state index in [1.54, 1.807) is 0 Å². The van der Waals surface area contributed by atoms with Crippen LogP contribution in [0.1, 0.15) is 32.3 Å². The minimum absolute atomic E-state index is 0.00300. The van der Waals surface area contributed by atoms with Crippen LogP contribution >= 0.6 is 0 Å². The quantitative estimate of drug-likeness (QED) is 0.591. The number of carbonyl (C=O) groups excluding carboxylic acids is 1. The van der Waals surface area contributed by atoms with Crippen molar-refractivity contribution in [3.05, 3.63) is 39.7 Å². The maximum atomic E-state index is 14.0. The third-order valence-corrected chi connectivity index (χ3v) is 4.68. The van der Waals surface area contributed by atoms with Crippen molar-refractivity contribution in [1.29, 1.82) is 0 Å². The molecular weight excluding hydrogens is 313 g/mol. The zero-order valence-electron chi connectivity index (χ0n) is 14.2. The van der Waals surface area contributed by atoms with E-state index in [9.17, 15) is 19.3 Å². The van der Waals surface area contributed by atoms with Gasteiger partial charge >= 0.3 is 0 Å². The van der Waals surface area contributed by atoms with Crippen LogP contribution in [0.3, 0.4) is 0 Å². The van der Waals surface area contributed by atoms with Crippen molar-refractivity contribution in [3.8, 4) is 0 Å². The second-order valence-electron chi connectivity index (χ2n) is 6.06. The predicted molar refractivity (Wildman–Crippen MR) is 89.0 cm³/mol. The Bertz CT molecular complexity index is 597. The molecule has 1 saturated heterocycles. The van der Waals surface area contributed by atoms with Gasteiger partial charge in [0.25, 0.3) is 5.69 Å². The lowest BCUT2D eigenvalue weighted by Gasteiger charge is -2.33. The Kier molecular flexibility index (Phi) is 6.25. The number of nitrogens with zero attached hydrogens (tertiary/aromatic N) is 3. The van der Waals surface area contributed by atoms with Crippen molar-refractivity contribution < 1.29 is 14.1 Å². The second kappa shape index (κ2) is 8.19. The minimum atomic E-state index is -0.550. The molecular formula is C17H24FN3O3. The van der Waals surface area contributed by atoms with Gasteiger partial charge < -0.3 is 4.90 Å². The van der Waals surface area contributed by atoms with Gasteiger partial charge in [0.15, 0.2) is 0 Å². The third-order valence-electron chi connectivity index (χ3n) is 4.68. The summed E-state index contributed by atoms with van der Waals surface area (Å²) >= 11 is 0. The van der Waals surface area contributed by atoms with Crippen LogP contribution < -0.4 is 0 Å². The molecule has 1 heterocycles. The number of amides is 1. The van der Waals surface area contributed by atoms with Gasteiger partial charge in [-0.05, 0) is 45.8 Å². The molecule has 1 aliphatic heterocycles. The third kappa shape index (κ3) is 4.08. The molecule has 0 atom stereocenters. The fraction of sp³-hybridized carbons (Fsp3) is 0.588. The molecule has 1 amide bonds. The maximum Gasteiger partial charge on any atom is 0.276 e. The lowest BCUT2D eigenvalue weighted by atomic mass is 9.94. The lowest BCUT2D eigenvalue weighted by Crippen LogP contribution is -2.42. The summed E-state index contributed by atoms with van der Waals surface area (Å²) in [5.74, 6) is -0.376. The van der Waals surface area contributed by atoms with Gasteiger partial charge in [-0.3, -0.25) is 19.8 Å². The molecule has 1 aliphatic rings. The first-order valence-electron chi connectivity index (χ1n) is 8.40. The second-order valence-corrected chi connectivity index (χ2v) is 6.06. The standard InChI is InChI=1S/C17H24FN3O3/c1-3-20(4-2)17(22)13-8-10-19(11-9-13)12-14-15(18)6-5-7-16(14)21(23)24/h5-7,13H,3-4,8-12H2,1-2H3. The molecule has 0 radical (unpaired) electrons. The van der Waals surface area contributed by atoms with Crippen molar-refractivity contribution in [1.82, 2.24) is 9.80 Å². The van der Waals surface area contributed by atoms with Crippen molar-refractivity contribution in [2.75, 3.05) is 26.2 Å². The van der Waals surface area contributed by atoms with Crippen molar-refractivity contribution in [2.45, 2.75) is 33.2 Å². The van der Waals surface area contributed by atoms with Gasteiger partial charge in [0.1, 0.15) is 5.82 Å². The Balaban J connectivity index is 1.99. The number of hydrogen-bond acceptors (Lipinski definition) is 4. The molecule has 2 rings (SSSR count). The number of likely N-dealkylation sites (tertiary alicyclic amines) is 1. The van der Waals surface area contributed by atoms with Gasteiger partial charge in [0.2, 0.25) is 5.91 Å². The van der Waals surface area contributed by atoms with Crippen LogP contribution in [0.2, 0.25) is 0 Å². The molecule has 0 bridgehead atoms. The first-order chi connectivity index (χ1) is 11.5. The van der Waals surface area contributed by atoms with Crippen LogP contribution in [0.15, 0.2) is 18.2 Å². The van der Waals surface area contributed by atoms with Crippen LogP contribution in [-0.2, 0) is 11.3 Å². The molecule has 0 aliphatic carbocycles. The lowest BCUT2D eigenvalue weighted by molar-refractivity contribution is -0.386. The molecule has 24 heavy (non-hydrogen) atoms. The summed E-state index contributed by atoms with van der Waals surface area (Å²) < 4.78 is 14.0. The molecule has 132 valence electrons. The minimum Gasteiger partial charge on any atom is -0.343 e. The summed E-state index contributed by atoms with van der Waals surface area (Å²) in [5, 5.41) is 11.1. The van der Waals surface area contributed by atoms with E-state index in [0.717, 1.165) is 0 Å². The highest BCUT2D eigenvalue weighted by Gasteiger charge is 2.29. The topological polar surface area (TPSA) is 66.7 Å². The predicted octanol–water partition coefficient (Wildman–Crippen LogP) is 2.81. The number of piperidine rings is 1. The molecule has 0 N–H and O–H groups in total. The van der Waals surface area contributed by atoms with Crippen LogP contribution in [0, 0.1) is 21.8 Å². The highest BCUT2D eigenvalue weighted by Crippen LogP contribution is 2.26. The number of nitro benzene ring substituents is 1. The van der Waals surface area contributed by atoms with Gasteiger partial charge in [-0.2, -0.15) is 0 Å². The van der Waals surface area contributed by atoms with Crippen LogP contribution in [0.4, 0.5) is 10.1 Å². The van der Waals surface area contributed by atoms with E-state index in [2.05, 4.69) is 0 Å². The molecule has 0 spiro atoms. The molecule has 0 saturated carbocycles. The van der Waals surface area contributed by atoms with Crippen LogP contribution in [-0.4, -0.2) is 46.8 Å². The van der Waals surface area contributed by atoms with E-state index in [1.807, 2.05) is 23.6 Å². The number of halogens is 1. The average Bonchev–Trinajstić information content (AvgIpc) is 2.58. The van der Waals surface area contributed by atoms with E-state index < -0.39 is 10.7 Å². The van der Waals surface area contributed by atoms with Crippen molar-refractivity contribution in [2.24, 2.45) is 5.92 Å². The van der Waals surface area contributed by atoms with Gasteiger partial charge in [-0.25, -0.2) is 4.39 Å². The maximum absolute atomic E-state index is 14.0. The Morgan fingerprint density at radius 2 is 1.96 bits per heavy atom. The van der Waals surface area contributed by atoms with E-state index >= 15 is 0 Å². The summed E-state index contributed by atoms with van der Waals surface area (Å²) in [4.78, 5) is 26.7. The highest BCUT2D eigenvalue weighted by molar-refractivity contribution is 5.78. The van der Waals surface area contributed by atoms with Crippen molar-refractivity contribution >= 4 is 11.6 Å². The number of hydrogen-bond donors (Lipinski definition) is 0. The first kappa shape index (κ1) is 18.3. The number of benzene rings is 1. The molecule has 1 aromatic carbocycles. The zero-order chi connectivity index (χ0) is 17.7. The molecule has 6 nitrogen and oxygen atoms in total. The largest absolute Gasteiger partial charge is 0.343 e. The van der Waals surface area contributed by atoms with Crippen molar-refractivity contribution in [3.63, 3.8) is 0 Å². The molecule has 0 unspecified atom stereocenters. The zero-order valence-corrected chi connectivity index (χ0v) is 14.2. The molecule has 7 heteroatoms. The Hall–Kier alpha value is -2.02. The summed E-state index contributed by atoms with van der Waals surface area (Å²) in [5.41, 5.74) is -0.0626. The normalized spacial score (nSPS) is 16.1. The summed E-state index contributed by atoms with van der Waals surface area (Å²) in [6.07, 6.45) is 1.41. The van der Waals surface area contributed by atoms with E-state index in [4.69, 9.17) is 0 Å². The van der Waals surface area contributed by atoms with E-state index in [1.165, 1.54) is 18.2 Å². The highest BCUT2D eigenvalue weighted by atomic mass is 19.1. The smallest absolute Gasteiger partial charge is 0.276 e. The number of nitro groups is 1. The number of rotatable bonds is 6. The molecule has 0 aromatic heterocycles. The first-order valence-corrected chi connectivity index (χ1v) is 8.40. The monoisotopic (exact) mass is 337 g/mol. The Morgan fingerprint density at radius 1 is 1.33 bits per heavy atom.